The summed E-state index contributed by atoms with van der Waals surface area (Å²) < 4.78 is 11.5. The van der Waals surface area contributed by atoms with E-state index < -0.39 is 24.8 Å². The van der Waals surface area contributed by atoms with Crippen molar-refractivity contribution in [3.8, 4) is 11.5 Å². The number of aromatic nitrogens is 4. The Balaban J connectivity index is 0.865. The first-order chi connectivity index (χ1) is 39.0. The number of rotatable bonds is 20. The van der Waals surface area contributed by atoms with Crippen molar-refractivity contribution >= 4 is 103 Å². The lowest BCUT2D eigenvalue weighted by molar-refractivity contribution is -0.140. The maximum absolute atomic E-state index is 13.6. The van der Waals surface area contributed by atoms with Crippen LogP contribution in [0, 0.1) is 0 Å². The summed E-state index contributed by atoms with van der Waals surface area (Å²) in [6.45, 7) is 4.60. The fraction of sp³-hybridized carbons (Fsp3) is 0.246. The highest BCUT2D eigenvalue weighted by molar-refractivity contribution is 6.31. The Hall–Kier alpha value is -9.00. The van der Waals surface area contributed by atoms with Gasteiger partial charge in [-0.25, -0.2) is 19.9 Å². The maximum atomic E-state index is 13.6. The van der Waals surface area contributed by atoms with Gasteiger partial charge in [-0.3, -0.25) is 28.8 Å². The summed E-state index contributed by atoms with van der Waals surface area (Å²) in [7, 11) is 3.21. The predicted octanol–water partition coefficient (Wildman–Crippen LogP) is 9.88. The van der Waals surface area contributed by atoms with Gasteiger partial charge in [0, 0.05) is 68.6 Å². The van der Waals surface area contributed by atoms with Gasteiger partial charge in [0.2, 0.25) is 23.3 Å². The maximum Gasteiger partial charge on any atom is 0.312 e. The van der Waals surface area contributed by atoms with E-state index in [0.29, 0.717) is 35.6 Å². The topological polar surface area (TPSA) is 218 Å². The highest BCUT2D eigenvalue weighted by Gasteiger charge is 2.27. The smallest absolute Gasteiger partial charge is 0.312 e. The van der Waals surface area contributed by atoms with Crippen molar-refractivity contribution in [2.45, 2.75) is 58.4 Å². The minimum absolute atomic E-state index is 0.0407. The fourth-order valence-electron chi connectivity index (χ4n) is 9.14. The molecule has 4 amide bonds. The molecule has 0 atom stereocenters. The van der Waals surface area contributed by atoms with Gasteiger partial charge in [0.1, 0.15) is 11.6 Å². The van der Waals surface area contributed by atoms with Crippen LogP contribution in [0.25, 0.3) is 21.5 Å². The first-order valence-electron chi connectivity index (χ1n) is 26.3. The number of ether oxygens (including phenoxy) is 2. The molecule has 0 unspecified atom stereocenters. The zero-order valence-corrected chi connectivity index (χ0v) is 46.5. The third kappa shape index (κ3) is 14.8. The molecule has 1 aliphatic rings. The van der Waals surface area contributed by atoms with E-state index in [1.807, 2.05) is 98.8 Å². The number of hydrogen-bond donors (Lipinski definition) is 3. The zero-order chi connectivity index (χ0) is 57.2. The molecule has 1 saturated heterocycles. The molecule has 0 spiro atoms. The molecule has 0 radical (unpaired) electrons. The highest BCUT2D eigenvalue weighted by atomic mass is 35.5. The van der Waals surface area contributed by atoms with Crippen molar-refractivity contribution in [2.24, 2.45) is 0 Å². The molecule has 18 nitrogen and oxygen atoms in total. The Bertz CT molecular complexity index is 3670. The van der Waals surface area contributed by atoms with Crippen LogP contribution in [0.1, 0.15) is 83.0 Å². The van der Waals surface area contributed by atoms with Gasteiger partial charge >= 0.3 is 11.9 Å². The molecule has 9 rings (SSSR count). The number of carbonyl (C=O) groups is 6. The molecular formula is C61H58Cl2N10O8. The summed E-state index contributed by atoms with van der Waals surface area (Å²) in [5, 5.41) is 12.2. The summed E-state index contributed by atoms with van der Waals surface area (Å²) in [4.78, 5) is 103. The first kappa shape index (κ1) is 56.7. The third-order valence-corrected chi connectivity index (χ3v) is 13.7. The molecule has 6 aromatic carbocycles. The molecule has 0 bridgehead atoms. The van der Waals surface area contributed by atoms with E-state index in [9.17, 15) is 28.8 Å². The zero-order valence-electron chi connectivity index (χ0n) is 45.0. The van der Waals surface area contributed by atoms with Crippen LogP contribution in [0.15, 0.2) is 133 Å². The highest BCUT2D eigenvalue weighted by Crippen LogP contribution is 2.36. The van der Waals surface area contributed by atoms with Gasteiger partial charge in [-0.05, 0) is 108 Å². The molecule has 3 heterocycles. The van der Waals surface area contributed by atoms with Crippen LogP contribution in [-0.4, -0.2) is 107 Å². The molecule has 20 heteroatoms. The largest absolute Gasteiger partial charge is 0.419 e. The van der Waals surface area contributed by atoms with Crippen molar-refractivity contribution in [2.75, 3.05) is 60.7 Å². The van der Waals surface area contributed by atoms with E-state index in [0.717, 1.165) is 45.5 Å². The summed E-state index contributed by atoms with van der Waals surface area (Å²) in [5.74, 6) is -2.60. The first-order valence-corrected chi connectivity index (χ1v) is 27.1. The van der Waals surface area contributed by atoms with Gasteiger partial charge in [0.05, 0.1) is 25.9 Å². The second kappa shape index (κ2) is 25.9. The molecular weight excluding hydrogens is 1070 g/mol. The Labute approximate surface area is 477 Å². The number of carbonyl (C=O) groups excluding carboxylic acids is 6. The van der Waals surface area contributed by atoms with Gasteiger partial charge in [-0.2, -0.15) is 0 Å². The molecule has 2 aromatic heterocycles. The second-order valence-corrected chi connectivity index (χ2v) is 20.6. The van der Waals surface area contributed by atoms with Crippen LogP contribution < -0.4 is 35.2 Å². The van der Waals surface area contributed by atoms with Crippen molar-refractivity contribution in [1.82, 2.24) is 30.2 Å². The minimum atomic E-state index is -0.890. The predicted molar refractivity (Wildman–Crippen MR) is 313 cm³/mol. The lowest BCUT2D eigenvalue weighted by atomic mass is 10.1. The van der Waals surface area contributed by atoms with Crippen molar-refractivity contribution in [1.29, 1.82) is 0 Å². The van der Waals surface area contributed by atoms with Crippen molar-refractivity contribution < 1.29 is 38.2 Å². The summed E-state index contributed by atoms with van der Waals surface area (Å²) in [5.41, 5.74) is 3.73. The Morgan fingerprint density at radius 1 is 0.556 bits per heavy atom. The van der Waals surface area contributed by atoms with Gasteiger partial charge < -0.3 is 40.1 Å². The van der Waals surface area contributed by atoms with E-state index in [1.54, 1.807) is 67.5 Å². The van der Waals surface area contributed by atoms with Crippen LogP contribution in [0.4, 0.5) is 23.0 Å². The standard InChI is InChI=1S/C61H58Cl2N10O8/c1-37(2)64-50(74)35-71(3)58-54(56(62)67-48(69-58)31-38-15-23-46(24-16-38)65-60(78)44-21-19-40-11-5-7-13-42(40)33-44)80-52(76)27-28-53(77)81-55-57(63)68-49(70-59(55)72(4)36-51(75)73-29-9-10-30-73)32-39-17-25-47(26-18-39)66-61(79)45-22-20-41-12-6-8-14-43(41)34-45/h5-8,11-26,33-34,37H,9-10,27-32,35-36H2,1-4H3,(H,64,74)(H,65,78)(H,66,79). The second-order valence-electron chi connectivity index (χ2n) is 19.9. The number of nitrogens with zero attached hydrogens (tertiary/aromatic N) is 7. The van der Waals surface area contributed by atoms with Crippen LogP contribution in [0.5, 0.6) is 11.5 Å². The summed E-state index contributed by atoms with van der Waals surface area (Å²) in [6, 6.07) is 40.8. The van der Waals surface area contributed by atoms with Crippen LogP contribution in [0.2, 0.25) is 10.3 Å². The number of amides is 4. The summed E-state index contributed by atoms with van der Waals surface area (Å²) in [6.07, 6.45) is 1.16. The van der Waals surface area contributed by atoms with E-state index >= 15 is 0 Å². The van der Waals surface area contributed by atoms with Gasteiger partial charge in [0.15, 0.2) is 21.9 Å². The Morgan fingerprint density at radius 3 is 1.41 bits per heavy atom. The number of esters is 2. The number of likely N-dealkylation sites (N-methyl/N-ethyl adjacent to an activating group) is 2. The summed E-state index contributed by atoms with van der Waals surface area (Å²) >= 11 is 13.5. The fourth-order valence-corrected chi connectivity index (χ4v) is 9.58. The monoisotopic (exact) mass is 1130 g/mol. The lowest BCUT2D eigenvalue weighted by Gasteiger charge is -2.24. The lowest BCUT2D eigenvalue weighted by Crippen LogP contribution is -2.39. The number of likely N-dealkylation sites (tertiary alicyclic amines) is 1. The number of benzene rings is 6. The van der Waals surface area contributed by atoms with Gasteiger partial charge in [0.25, 0.3) is 11.8 Å². The molecule has 1 fully saturated rings. The van der Waals surface area contributed by atoms with E-state index in [4.69, 9.17) is 37.7 Å². The van der Waals surface area contributed by atoms with Crippen LogP contribution in [0.3, 0.4) is 0 Å². The van der Waals surface area contributed by atoms with E-state index in [2.05, 4.69) is 30.9 Å². The third-order valence-electron chi connectivity index (χ3n) is 13.2. The van der Waals surface area contributed by atoms with E-state index in [1.165, 1.54) is 9.80 Å². The molecule has 81 heavy (non-hydrogen) atoms. The molecule has 3 N–H and O–H groups in total. The van der Waals surface area contributed by atoms with E-state index in [-0.39, 0.29) is 101 Å². The number of halogens is 2. The number of anilines is 4. The average Bonchev–Trinajstić information content (AvgIpc) is 4.13. The van der Waals surface area contributed by atoms with Crippen LogP contribution in [-0.2, 0) is 32.0 Å². The molecule has 414 valence electrons. The quantitative estimate of drug-likeness (QED) is 0.0478. The number of nitrogens with one attached hydrogen (secondary N) is 3. The molecule has 1 aliphatic heterocycles. The Kier molecular flexibility index (Phi) is 18.1. The van der Waals surface area contributed by atoms with Crippen molar-refractivity contribution in [3.63, 3.8) is 0 Å². The van der Waals surface area contributed by atoms with Crippen molar-refractivity contribution in [3.05, 3.63) is 178 Å². The molecule has 0 aliphatic carbocycles. The SMILES string of the molecule is CC(C)NC(=O)CN(C)c1nc(Cc2ccc(NC(=O)c3ccc4ccccc4c3)cc2)nc(Cl)c1OC(=O)CCC(=O)Oc1c(Cl)nc(Cc2ccc(NC(=O)c3ccc4ccccc4c3)cc2)nc1N(C)CC(=O)N1CCCC1. The minimum Gasteiger partial charge on any atom is -0.419 e. The Morgan fingerprint density at radius 2 is 0.975 bits per heavy atom. The van der Waals surface area contributed by atoms with Crippen LogP contribution >= 0.6 is 23.2 Å². The van der Waals surface area contributed by atoms with Gasteiger partial charge in [-0.15, -0.1) is 0 Å². The number of fused-ring (bicyclic) bond motifs is 2. The molecule has 8 aromatic rings. The average molecular weight is 1130 g/mol. The van der Waals surface area contributed by atoms with Gasteiger partial charge in [-0.1, -0.05) is 108 Å². The molecule has 0 saturated carbocycles. The number of hydrogen-bond acceptors (Lipinski definition) is 14. The normalized spacial score (nSPS) is 12.1.